The summed E-state index contributed by atoms with van der Waals surface area (Å²) in [6.07, 6.45) is 7.08. The predicted octanol–water partition coefficient (Wildman–Crippen LogP) is 4.75. The van der Waals surface area contributed by atoms with E-state index in [1.54, 1.807) is 23.7 Å². The van der Waals surface area contributed by atoms with Gasteiger partial charge < -0.3 is 15.7 Å². The molecular weight excluding hydrogens is 356 g/mol. The summed E-state index contributed by atoms with van der Waals surface area (Å²) in [7, 11) is 0. The molecule has 3 heterocycles. The number of hydrogen-bond acceptors (Lipinski definition) is 6. The van der Waals surface area contributed by atoms with Crippen molar-refractivity contribution in [2.45, 2.75) is 32.9 Å². The summed E-state index contributed by atoms with van der Waals surface area (Å²) in [4.78, 5) is 11.2. The van der Waals surface area contributed by atoms with E-state index < -0.39 is 6.23 Å². The molecule has 3 aromatic rings. The molecule has 140 valence electrons. The second kappa shape index (κ2) is 7.66. The van der Waals surface area contributed by atoms with Crippen LogP contribution in [0.25, 0.3) is 11.1 Å². The maximum absolute atomic E-state index is 10.6. The Morgan fingerprint density at radius 1 is 1.22 bits per heavy atom. The number of pyridine rings is 2. The SMILES string of the molecule is Cc1cc(-c2cncc(NC(O)c3ccnc(NCC4CC4)c3)c2)c(C)s1. The maximum Gasteiger partial charge on any atom is 0.151 e. The zero-order valence-electron chi connectivity index (χ0n) is 15.6. The topological polar surface area (TPSA) is 70.1 Å². The molecule has 1 fully saturated rings. The number of aromatic nitrogens is 2. The first kappa shape index (κ1) is 17.9. The fourth-order valence-corrected chi connectivity index (χ4v) is 4.06. The number of rotatable bonds is 7. The number of aliphatic hydroxyl groups is 1. The van der Waals surface area contributed by atoms with E-state index in [1.807, 2.05) is 24.4 Å². The van der Waals surface area contributed by atoms with Gasteiger partial charge in [-0.1, -0.05) is 0 Å². The van der Waals surface area contributed by atoms with Crippen LogP contribution in [0.2, 0.25) is 0 Å². The highest BCUT2D eigenvalue weighted by atomic mass is 32.1. The summed E-state index contributed by atoms with van der Waals surface area (Å²) in [5, 5.41) is 17.1. The van der Waals surface area contributed by atoms with Gasteiger partial charge in [-0.15, -0.1) is 11.3 Å². The van der Waals surface area contributed by atoms with Crippen LogP contribution in [-0.4, -0.2) is 21.6 Å². The Hall–Kier alpha value is -2.44. The average Bonchev–Trinajstić information content (AvgIpc) is 3.43. The summed E-state index contributed by atoms with van der Waals surface area (Å²) >= 11 is 1.78. The van der Waals surface area contributed by atoms with Gasteiger partial charge in [0, 0.05) is 39.8 Å². The van der Waals surface area contributed by atoms with E-state index in [1.165, 1.54) is 28.2 Å². The van der Waals surface area contributed by atoms with Gasteiger partial charge in [-0.3, -0.25) is 4.98 Å². The minimum absolute atomic E-state index is 0.774. The minimum Gasteiger partial charge on any atom is -0.370 e. The van der Waals surface area contributed by atoms with E-state index in [0.29, 0.717) is 0 Å². The third-order valence-electron chi connectivity index (χ3n) is 4.76. The molecule has 0 radical (unpaired) electrons. The van der Waals surface area contributed by atoms with Crippen molar-refractivity contribution >= 4 is 22.8 Å². The second-order valence-corrected chi connectivity index (χ2v) is 8.60. The summed E-state index contributed by atoms with van der Waals surface area (Å²) in [5.74, 6) is 1.58. The van der Waals surface area contributed by atoms with Crippen molar-refractivity contribution in [3.8, 4) is 11.1 Å². The molecule has 5 nitrogen and oxygen atoms in total. The van der Waals surface area contributed by atoms with Crippen LogP contribution in [0.15, 0.2) is 42.9 Å². The van der Waals surface area contributed by atoms with Crippen LogP contribution in [0.5, 0.6) is 0 Å². The minimum atomic E-state index is -0.822. The maximum atomic E-state index is 10.6. The third-order valence-corrected chi connectivity index (χ3v) is 5.73. The molecule has 1 unspecified atom stereocenters. The molecule has 1 aliphatic carbocycles. The van der Waals surface area contributed by atoms with Gasteiger partial charge in [0.2, 0.25) is 0 Å². The van der Waals surface area contributed by atoms with Crippen molar-refractivity contribution < 1.29 is 5.11 Å². The first-order valence-electron chi connectivity index (χ1n) is 9.25. The first-order chi connectivity index (χ1) is 13.1. The Labute approximate surface area is 163 Å². The first-order valence-corrected chi connectivity index (χ1v) is 10.1. The van der Waals surface area contributed by atoms with Crippen LogP contribution in [0.3, 0.4) is 0 Å². The molecule has 1 aliphatic rings. The van der Waals surface area contributed by atoms with Gasteiger partial charge in [0.15, 0.2) is 6.23 Å². The predicted molar refractivity (Wildman–Crippen MR) is 111 cm³/mol. The molecule has 4 rings (SSSR count). The third kappa shape index (κ3) is 4.46. The van der Waals surface area contributed by atoms with Crippen molar-refractivity contribution in [2.75, 3.05) is 17.2 Å². The van der Waals surface area contributed by atoms with Crippen molar-refractivity contribution in [3.63, 3.8) is 0 Å². The number of hydrogen-bond donors (Lipinski definition) is 3. The number of aryl methyl sites for hydroxylation is 2. The zero-order valence-corrected chi connectivity index (χ0v) is 16.4. The normalized spacial score (nSPS) is 14.8. The van der Waals surface area contributed by atoms with Crippen molar-refractivity contribution in [1.29, 1.82) is 0 Å². The highest BCUT2D eigenvalue weighted by molar-refractivity contribution is 7.12. The van der Waals surface area contributed by atoms with E-state index in [9.17, 15) is 5.11 Å². The Balaban J connectivity index is 1.47. The highest BCUT2D eigenvalue weighted by Crippen LogP contribution is 2.32. The number of thiophene rings is 1. The van der Waals surface area contributed by atoms with Crippen LogP contribution < -0.4 is 10.6 Å². The largest absolute Gasteiger partial charge is 0.370 e. The van der Waals surface area contributed by atoms with E-state index in [-0.39, 0.29) is 0 Å². The summed E-state index contributed by atoms with van der Waals surface area (Å²) in [6.45, 7) is 5.18. The Morgan fingerprint density at radius 2 is 2.07 bits per heavy atom. The summed E-state index contributed by atoms with van der Waals surface area (Å²) in [5.41, 5.74) is 3.80. The van der Waals surface area contributed by atoms with Gasteiger partial charge in [0.1, 0.15) is 5.82 Å². The van der Waals surface area contributed by atoms with Crippen LogP contribution in [0.1, 0.15) is 34.4 Å². The van der Waals surface area contributed by atoms with E-state index >= 15 is 0 Å². The summed E-state index contributed by atoms with van der Waals surface area (Å²) < 4.78 is 0. The number of nitrogens with one attached hydrogen (secondary N) is 2. The number of nitrogens with zero attached hydrogens (tertiary/aromatic N) is 2. The fraction of sp³-hybridized carbons (Fsp3) is 0.333. The van der Waals surface area contributed by atoms with Gasteiger partial charge in [0.05, 0.1) is 11.9 Å². The highest BCUT2D eigenvalue weighted by Gasteiger charge is 2.21. The number of anilines is 2. The lowest BCUT2D eigenvalue weighted by molar-refractivity contribution is 0.208. The zero-order chi connectivity index (χ0) is 18.8. The second-order valence-electron chi connectivity index (χ2n) is 7.13. The van der Waals surface area contributed by atoms with Gasteiger partial charge in [-0.2, -0.15) is 0 Å². The van der Waals surface area contributed by atoms with Crippen LogP contribution in [0, 0.1) is 19.8 Å². The van der Waals surface area contributed by atoms with Gasteiger partial charge >= 0.3 is 0 Å². The Bertz CT molecular complexity index is 935. The van der Waals surface area contributed by atoms with E-state index in [4.69, 9.17) is 0 Å². The lowest BCUT2D eigenvalue weighted by Crippen LogP contribution is -2.11. The molecule has 0 aromatic carbocycles. The van der Waals surface area contributed by atoms with Crippen molar-refractivity contribution in [2.24, 2.45) is 5.92 Å². The number of aliphatic hydroxyl groups excluding tert-OH is 1. The van der Waals surface area contributed by atoms with Gasteiger partial charge in [-0.05, 0) is 62.4 Å². The van der Waals surface area contributed by atoms with Crippen molar-refractivity contribution in [1.82, 2.24) is 9.97 Å². The summed E-state index contributed by atoms with van der Waals surface area (Å²) in [6, 6.07) is 7.92. The van der Waals surface area contributed by atoms with E-state index in [0.717, 1.165) is 35.1 Å². The molecule has 0 amide bonds. The lowest BCUT2D eigenvalue weighted by Gasteiger charge is -2.16. The molecule has 1 saturated carbocycles. The van der Waals surface area contributed by atoms with Crippen molar-refractivity contribution in [3.05, 3.63) is 58.2 Å². The van der Waals surface area contributed by atoms with Gasteiger partial charge in [-0.25, -0.2) is 4.98 Å². The van der Waals surface area contributed by atoms with Crippen LogP contribution >= 0.6 is 11.3 Å². The van der Waals surface area contributed by atoms with Crippen LogP contribution in [-0.2, 0) is 0 Å². The Morgan fingerprint density at radius 3 is 2.81 bits per heavy atom. The molecular formula is C21H24N4OS. The Kier molecular flexibility index (Phi) is 5.09. The quantitative estimate of drug-likeness (QED) is 0.516. The molecule has 0 spiro atoms. The molecule has 3 aromatic heterocycles. The molecule has 6 heteroatoms. The standard InChI is InChI=1S/C21H24N4OS/c1-13-7-19(14(2)27-13)17-8-18(12-22-11-17)25-21(26)16-5-6-23-20(9-16)24-10-15-3-4-15/h5-9,11-12,15,21,25-26H,3-4,10H2,1-2H3,(H,23,24). The smallest absolute Gasteiger partial charge is 0.151 e. The average molecular weight is 381 g/mol. The van der Waals surface area contributed by atoms with Crippen LogP contribution in [0.4, 0.5) is 11.5 Å². The molecule has 3 N–H and O–H groups in total. The molecule has 0 saturated heterocycles. The molecule has 27 heavy (non-hydrogen) atoms. The monoisotopic (exact) mass is 380 g/mol. The molecule has 1 atom stereocenters. The molecule has 0 bridgehead atoms. The van der Waals surface area contributed by atoms with Gasteiger partial charge in [0.25, 0.3) is 0 Å². The van der Waals surface area contributed by atoms with E-state index in [2.05, 4.69) is 40.5 Å². The fourth-order valence-electron chi connectivity index (χ4n) is 3.11. The lowest BCUT2D eigenvalue weighted by atomic mass is 10.1. The molecule has 0 aliphatic heterocycles.